The fourth-order valence-electron chi connectivity index (χ4n) is 1.40. The molecule has 0 aromatic rings. The number of hydrogen-bond acceptors (Lipinski definition) is 2. The minimum atomic E-state index is -0.648. The molecule has 0 aliphatic rings. The van der Waals surface area contributed by atoms with E-state index in [0.29, 0.717) is 5.92 Å². The Bertz CT molecular complexity index is 159. The van der Waals surface area contributed by atoms with Crippen LogP contribution in [-0.2, 0) is 0 Å². The van der Waals surface area contributed by atoms with Crippen molar-refractivity contribution in [2.24, 2.45) is 16.7 Å². The summed E-state index contributed by atoms with van der Waals surface area (Å²) in [5.74, 6) is 0.476. The normalized spacial score (nSPS) is 16.4. The SMILES string of the molecule is CC(C)C(C)(C)C(C)(C)[C@H](O)CO. The molecule has 0 aliphatic heterocycles. The highest BCUT2D eigenvalue weighted by Crippen LogP contribution is 2.46. The van der Waals surface area contributed by atoms with Gasteiger partial charge in [-0.25, -0.2) is 0 Å². The van der Waals surface area contributed by atoms with Crippen LogP contribution in [0.1, 0.15) is 41.5 Å². The van der Waals surface area contributed by atoms with Gasteiger partial charge in [0.15, 0.2) is 0 Å². The fourth-order valence-corrected chi connectivity index (χ4v) is 1.40. The Morgan fingerprint density at radius 3 is 1.62 bits per heavy atom. The maximum absolute atomic E-state index is 9.72. The van der Waals surface area contributed by atoms with E-state index in [4.69, 9.17) is 5.11 Å². The molecule has 2 nitrogen and oxygen atoms in total. The molecule has 0 saturated carbocycles. The second kappa shape index (κ2) is 3.97. The van der Waals surface area contributed by atoms with Gasteiger partial charge >= 0.3 is 0 Å². The van der Waals surface area contributed by atoms with Crippen molar-refractivity contribution < 1.29 is 10.2 Å². The van der Waals surface area contributed by atoms with E-state index in [1.165, 1.54) is 0 Å². The van der Waals surface area contributed by atoms with Crippen LogP contribution in [-0.4, -0.2) is 22.9 Å². The average Bonchev–Trinajstić information content (AvgIpc) is 2.02. The zero-order valence-corrected chi connectivity index (χ0v) is 9.76. The summed E-state index contributed by atoms with van der Waals surface area (Å²) in [6, 6.07) is 0. The first-order valence-corrected chi connectivity index (χ1v) is 4.96. The second-order valence-electron chi connectivity index (χ2n) is 5.30. The summed E-state index contributed by atoms with van der Waals surface area (Å²) in [7, 11) is 0. The molecule has 0 radical (unpaired) electrons. The Labute approximate surface area is 82.0 Å². The third-order valence-electron chi connectivity index (χ3n) is 4.11. The van der Waals surface area contributed by atoms with Crippen LogP contribution < -0.4 is 0 Å². The molecule has 0 heterocycles. The average molecular weight is 188 g/mol. The number of rotatable bonds is 4. The molecule has 0 aliphatic carbocycles. The van der Waals surface area contributed by atoms with Crippen LogP contribution in [0.2, 0.25) is 0 Å². The van der Waals surface area contributed by atoms with Gasteiger partial charge in [-0.2, -0.15) is 0 Å². The molecule has 0 bridgehead atoms. The molecule has 0 rings (SSSR count). The van der Waals surface area contributed by atoms with Gasteiger partial charge in [-0.05, 0) is 16.7 Å². The Morgan fingerprint density at radius 2 is 1.38 bits per heavy atom. The molecule has 0 aromatic heterocycles. The molecular formula is C11H24O2. The van der Waals surface area contributed by atoms with Gasteiger partial charge < -0.3 is 10.2 Å². The minimum absolute atomic E-state index is 0.00907. The lowest BCUT2D eigenvalue weighted by molar-refractivity contribution is -0.0807. The van der Waals surface area contributed by atoms with Crippen molar-refractivity contribution in [3.8, 4) is 0 Å². The molecule has 2 heteroatoms. The van der Waals surface area contributed by atoms with Crippen molar-refractivity contribution in [3.63, 3.8) is 0 Å². The van der Waals surface area contributed by atoms with Crippen LogP contribution in [0.25, 0.3) is 0 Å². The zero-order chi connectivity index (χ0) is 10.9. The molecule has 1 atom stereocenters. The molecule has 80 valence electrons. The smallest absolute Gasteiger partial charge is 0.0826 e. The van der Waals surface area contributed by atoms with E-state index in [-0.39, 0.29) is 17.4 Å². The van der Waals surface area contributed by atoms with E-state index >= 15 is 0 Å². The van der Waals surface area contributed by atoms with Crippen LogP contribution in [0.5, 0.6) is 0 Å². The fraction of sp³-hybridized carbons (Fsp3) is 1.00. The monoisotopic (exact) mass is 188 g/mol. The first-order chi connectivity index (χ1) is 5.67. The van der Waals surface area contributed by atoms with E-state index in [0.717, 1.165) is 0 Å². The molecule has 0 aromatic carbocycles. The highest BCUT2D eigenvalue weighted by Gasteiger charge is 2.43. The highest BCUT2D eigenvalue weighted by atomic mass is 16.3. The standard InChI is InChI=1S/C11H24O2/c1-8(2)10(3,4)11(5,6)9(13)7-12/h8-9,12-13H,7H2,1-6H3/t9-/m1/s1. The van der Waals surface area contributed by atoms with E-state index < -0.39 is 6.10 Å². The van der Waals surface area contributed by atoms with Crippen molar-refractivity contribution >= 4 is 0 Å². The molecular weight excluding hydrogens is 164 g/mol. The van der Waals surface area contributed by atoms with E-state index in [1.807, 2.05) is 13.8 Å². The number of aliphatic hydroxyl groups excluding tert-OH is 2. The largest absolute Gasteiger partial charge is 0.394 e. The van der Waals surface area contributed by atoms with Crippen molar-refractivity contribution in [2.45, 2.75) is 47.6 Å². The minimum Gasteiger partial charge on any atom is -0.394 e. The maximum Gasteiger partial charge on any atom is 0.0826 e. The lowest BCUT2D eigenvalue weighted by Gasteiger charge is -2.47. The summed E-state index contributed by atoms with van der Waals surface area (Å²) in [5, 5.41) is 18.7. The van der Waals surface area contributed by atoms with Gasteiger partial charge in [-0.3, -0.25) is 0 Å². The molecule has 0 unspecified atom stereocenters. The maximum atomic E-state index is 9.72. The molecule has 0 fully saturated rings. The Morgan fingerprint density at radius 1 is 1.00 bits per heavy atom. The van der Waals surface area contributed by atoms with Crippen LogP contribution in [0, 0.1) is 16.7 Å². The Kier molecular flexibility index (Phi) is 3.95. The van der Waals surface area contributed by atoms with Gasteiger partial charge in [0.1, 0.15) is 0 Å². The number of aliphatic hydroxyl groups is 2. The van der Waals surface area contributed by atoms with Gasteiger partial charge in [0.2, 0.25) is 0 Å². The summed E-state index contributed by atoms with van der Waals surface area (Å²) >= 11 is 0. The van der Waals surface area contributed by atoms with Gasteiger partial charge in [-0.15, -0.1) is 0 Å². The summed E-state index contributed by atoms with van der Waals surface area (Å²) in [5.41, 5.74) is -0.259. The highest BCUT2D eigenvalue weighted by molar-refractivity contribution is 4.92. The van der Waals surface area contributed by atoms with E-state index in [9.17, 15) is 5.11 Å². The van der Waals surface area contributed by atoms with Gasteiger partial charge in [0.05, 0.1) is 12.7 Å². The van der Waals surface area contributed by atoms with Crippen LogP contribution in [0.15, 0.2) is 0 Å². The van der Waals surface area contributed by atoms with Gasteiger partial charge in [0.25, 0.3) is 0 Å². The Hall–Kier alpha value is -0.0800. The first kappa shape index (κ1) is 12.9. The predicted octanol–water partition coefficient (Wildman–Crippen LogP) is 2.05. The van der Waals surface area contributed by atoms with E-state index in [2.05, 4.69) is 27.7 Å². The van der Waals surface area contributed by atoms with Crippen LogP contribution >= 0.6 is 0 Å². The van der Waals surface area contributed by atoms with Crippen molar-refractivity contribution in [1.29, 1.82) is 0 Å². The van der Waals surface area contributed by atoms with Crippen molar-refractivity contribution in [1.82, 2.24) is 0 Å². The zero-order valence-electron chi connectivity index (χ0n) is 9.76. The van der Waals surface area contributed by atoms with Gasteiger partial charge in [0, 0.05) is 0 Å². The number of hydrogen-bond donors (Lipinski definition) is 2. The molecule has 0 saturated heterocycles. The summed E-state index contributed by atoms with van der Waals surface area (Å²) in [6.45, 7) is 12.4. The van der Waals surface area contributed by atoms with E-state index in [1.54, 1.807) is 0 Å². The topological polar surface area (TPSA) is 40.5 Å². The van der Waals surface area contributed by atoms with Crippen molar-refractivity contribution in [3.05, 3.63) is 0 Å². The van der Waals surface area contributed by atoms with Crippen molar-refractivity contribution in [2.75, 3.05) is 6.61 Å². The third kappa shape index (κ3) is 2.23. The molecule has 0 amide bonds. The second-order valence-corrected chi connectivity index (χ2v) is 5.30. The lowest BCUT2D eigenvalue weighted by Crippen LogP contribution is -2.47. The predicted molar refractivity (Wildman–Crippen MR) is 55.5 cm³/mol. The quantitative estimate of drug-likeness (QED) is 0.709. The molecule has 2 N–H and O–H groups in total. The first-order valence-electron chi connectivity index (χ1n) is 4.96. The summed E-state index contributed by atoms with van der Waals surface area (Å²) in [6.07, 6.45) is -0.648. The summed E-state index contributed by atoms with van der Waals surface area (Å²) < 4.78 is 0. The Balaban J connectivity index is 4.80. The lowest BCUT2D eigenvalue weighted by atomic mass is 9.60. The molecule has 13 heavy (non-hydrogen) atoms. The molecule has 0 spiro atoms. The van der Waals surface area contributed by atoms with Gasteiger partial charge in [-0.1, -0.05) is 41.5 Å². The van der Waals surface area contributed by atoms with Crippen LogP contribution in [0.3, 0.4) is 0 Å². The third-order valence-corrected chi connectivity index (χ3v) is 4.11. The summed E-state index contributed by atoms with van der Waals surface area (Å²) in [4.78, 5) is 0. The van der Waals surface area contributed by atoms with Crippen LogP contribution in [0.4, 0.5) is 0 Å².